The van der Waals surface area contributed by atoms with Gasteiger partial charge in [-0.25, -0.2) is 9.59 Å². The normalized spacial score (nSPS) is 12.3. The number of ether oxygens (including phenoxy) is 2. The highest BCUT2D eigenvalue weighted by molar-refractivity contribution is 5.98. The molecule has 0 saturated carbocycles. The maximum absolute atomic E-state index is 13.9. The van der Waals surface area contributed by atoms with Crippen LogP contribution in [0.1, 0.15) is 113 Å². The van der Waals surface area contributed by atoms with Crippen LogP contribution in [0.4, 0.5) is 0 Å². The van der Waals surface area contributed by atoms with Crippen LogP contribution in [0.5, 0.6) is 0 Å². The fraction of sp³-hybridized carbons (Fsp3) is 0.203. The summed E-state index contributed by atoms with van der Waals surface area (Å²) in [5.41, 5.74) is 12.6. The minimum absolute atomic E-state index is 0. The van der Waals surface area contributed by atoms with Crippen molar-refractivity contribution in [2.45, 2.75) is 102 Å². The number of amides is 2. The summed E-state index contributed by atoms with van der Waals surface area (Å²) in [6, 6.07) is 64.2. The van der Waals surface area contributed by atoms with E-state index in [9.17, 15) is 38.7 Å². The molecular formula is C79H79ClN8O10. The van der Waals surface area contributed by atoms with Crippen LogP contribution in [-0.4, -0.2) is 88.2 Å². The van der Waals surface area contributed by atoms with Gasteiger partial charge in [0.1, 0.15) is 40.5 Å². The smallest absolute Gasteiger partial charge is 0.329 e. The number of aliphatic carboxylic acids is 1. The summed E-state index contributed by atoms with van der Waals surface area (Å²) in [6.07, 6.45) is 9.53. The van der Waals surface area contributed by atoms with Crippen LogP contribution in [0, 0.1) is 0 Å². The maximum Gasteiger partial charge on any atom is 0.329 e. The number of H-pyrrole nitrogens is 3. The number of rotatable bonds is 19. The largest absolute Gasteiger partial charge is 0.480 e. The lowest BCUT2D eigenvalue weighted by molar-refractivity contribution is -0.157. The highest BCUT2D eigenvalue weighted by atomic mass is 35.5. The number of benzene rings is 7. The average Bonchev–Trinajstić information content (AvgIpc) is 1.15. The SMILES string of the molecule is CC(C)(C)OC(=O)[C@@H](N)Cc1c[nH]c2ccccc12.CC(C)(C)OC(=O)[C@H](Cc1c[nH]c2ccccc12)NC(=O)c1cccn(C(c2ccccc2)c2ccccc2)c1=O.Cl.O=C(N[C@@H](Cc1c[nH]c2ccccc12)C(=O)O)c1cccn(C(c2ccccc2)c2ccccc2)c1=O. The summed E-state index contributed by atoms with van der Waals surface area (Å²) < 4.78 is 14.0. The Morgan fingerprint density at radius 1 is 0.429 bits per heavy atom. The first-order chi connectivity index (χ1) is 46.6. The molecule has 98 heavy (non-hydrogen) atoms. The number of nitrogens with one attached hydrogen (secondary N) is 5. The van der Waals surface area contributed by atoms with Gasteiger partial charge < -0.3 is 55.0 Å². The van der Waals surface area contributed by atoms with Crippen molar-refractivity contribution in [1.29, 1.82) is 0 Å². The number of aromatic nitrogens is 5. The van der Waals surface area contributed by atoms with Crippen LogP contribution < -0.4 is 27.5 Å². The molecule has 7 aromatic carbocycles. The van der Waals surface area contributed by atoms with Crippen LogP contribution in [-0.2, 0) is 43.1 Å². The second-order valence-corrected chi connectivity index (χ2v) is 25.5. The molecular weight excluding hydrogens is 1260 g/mol. The maximum atomic E-state index is 13.9. The third-order valence-electron chi connectivity index (χ3n) is 16.1. The molecule has 12 aromatic rings. The molecule has 8 N–H and O–H groups in total. The number of nitrogens with zero attached hydrogens (tertiary/aromatic N) is 2. The van der Waals surface area contributed by atoms with E-state index in [0.29, 0.717) is 6.42 Å². The number of hydrogen-bond acceptors (Lipinski definition) is 10. The first-order valence-corrected chi connectivity index (χ1v) is 31.9. The van der Waals surface area contributed by atoms with Crippen LogP contribution in [0.2, 0.25) is 0 Å². The number of nitrogens with two attached hydrogens (primary N) is 1. The number of carboxylic acid groups (broad SMARTS) is 1. The summed E-state index contributed by atoms with van der Waals surface area (Å²) in [6.45, 7) is 10.8. The predicted molar refractivity (Wildman–Crippen MR) is 385 cm³/mol. The van der Waals surface area contributed by atoms with Gasteiger partial charge in [-0.3, -0.25) is 24.0 Å². The van der Waals surface area contributed by atoms with E-state index in [-0.39, 0.29) is 42.3 Å². The Kier molecular flexibility index (Phi) is 23.1. The van der Waals surface area contributed by atoms with E-state index in [0.717, 1.165) is 71.7 Å². The zero-order valence-electron chi connectivity index (χ0n) is 55.2. The number of aromatic amines is 3. The lowest BCUT2D eigenvalue weighted by atomic mass is 9.98. The fourth-order valence-electron chi connectivity index (χ4n) is 11.6. The third kappa shape index (κ3) is 17.8. The second kappa shape index (κ2) is 31.9. The minimum Gasteiger partial charge on any atom is -0.480 e. The third-order valence-corrected chi connectivity index (χ3v) is 16.1. The quantitative estimate of drug-likeness (QED) is 0.0374. The molecule has 2 amide bonds. The molecule has 18 nitrogen and oxygen atoms in total. The molecule has 0 bridgehead atoms. The van der Waals surface area contributed by atoms with Crippen molar-refractivity contribution in [2.24, 2.45) is 5.73 Å². The molecule has 5 heterocycles. The minimum atomic E-state index is -1.21. The van der Waals surface area contributed by atoms with Crippen LogP contribution in [0.25, 0.3) is 32.7 Å². The molecule has 0 fully saturated rings. The molecule has 502 valence electrons. The lowest BCUT2D eigenvalue weighted by Gasteiger charge is -2.25. The van der Waals surface area contributed by atoms with E-state index in [1.165, 1.54) is 16.7 Å². The molecule has 12 rings (SSSR count). The topological polar surface area (TPSA) is 265 Å². The number of fused-ring (bicyclic) bond motifs is 3. The zero-order chi connectivity index (χ0) is 68.8. The molecule has 5 aromatic heterocycles. The summed E-state index contributed by atoms with van der Waals surface area (Å²) >= 11 is 0. The second-order valence-electron chi connectivity index (χ2n) is 25.5. The summed E-state index contributed by atoms with van der Waals surface area (Å²) in [4.78, 5) is 101. The highest BCUT2D eigenvalue weighted by Gasteiger charge is 2.31. The monoisotopic (exact) mass is 1330 g/mol. The van der Waals surface area contributed by atoms with Crippen molar-refractivity contribution in [1.82, 2.24) is 34.7 Å². The molecule has 0 aliphatic carbocycles. The first kappa shape index (κ1) is 71.0. The summed E-state index contributed by atoms with van der Waals surface area (Å²) in [5.74, 6) is -3.48. The predicted octanol–water partition coefficient (Wildman–Crippen LogP) is 12.8. The molecule has 0 radical (unpaired) electrons. The Hall–Kier alpha value is -11.3. The highest BCUT2D eigenvalue weighted by Crippen LogP contribution is 2.29. The Morgan fingerprint density at radius 2 is 0.735 bits per heavy atom. The number of pyridine rings is 2. The van der Waals surface area contributed by atoms with E-state index >= 15 is 0 Å². The van der Waals surface area contributed by atoms with Gasteiger partial charge in [0.25, 0.3) is 22.9 Å². The van der Waals surface area contributed by atoms with Crippen LogP contribution in [0.3, 0.4) is 0 Å². The molecule has 0 aliphatic rings. The van der Waals surface area contributed by atoms with Crippen molar-refractivity contribution in [3.8, 4) is 0 Å². The first-order valence-electron chi connectivity index (χ1n) is 31.9. The fourth-order valence-corrected chi connectivity index (χ4v) is 11.6. The lowest BCUT2D eigenvalue weighted by Crippen LogP contribution is -2.47. The standard InChI is InChI=1S/C34H33N3O4.C30H25N3O4.C15H20N2O2.ClH/c1-34(2,3)41-33(40)29(21-25-22-35-28-19-11-10-17-26(25)28)36-31(38)27-18-12-20-37(32(27)39)30(23-13-6-4-7-14-23)24-15-8-5-9-16-24;34-28(32-26(30(36)37)18-22-19-31-25-16-8-7-14-23(22)25)24-15-9-17-33(29(24)35)27(20-10-3-1-4-11-20)21-12-5-2-6-13-21;1-15(2,3)19-14(18)12(16)8-10-9-17-13-7-5-4-6-11(10)13;/h4-20,22,29-30,35H,21H2,1-3H3,(H,36,38);1-17,19,26-27,31H,18H2,(H,32,34)(H,36,37);4-7,9,12,17H,8,16H2,1-3H3;1H/t29-;26-;12-;/m000./s1. The number of carboxylic acids is 1. The summed E-state index contributed by atoms with van der Waals surface area (Å²) in [5, 5.41) is 18.1. The van der Waals surface area contributed by atoms with Crippen molar-refractivity contribution in [3.63, 3.8) is 0 Å². The molecule has 3 atom stereocenters. The van der Waals surface area contributed by atoms with E-state index in [1.807, 2.05) is 227 Å². The van der Waals surface area contributed by atoms with Gasteiger partial charge in [0.2, 0.25) is 0 Å². The van der Waals surface area contributed by atoms with Crippen LogP contribution >= 0.6 is 12.4 Å². The molecule has 19 heteroatoms. The van der Waals surface area contributed by atoms with Gasteiger partial charge in [0.05, 0.1) is 12.1 Å². The Bertz CT molecular complexity index is 4740. The summed E-state index contributed by atoms with van der Waals surface area (Å²) in [7, 11) is 0. The molecule has 0 spiro atoms. The van der Waals surface area contributed by atoms with Crippen LogP contribution in [0.15, 0.2) is 259 Å². The van der Waals surface area contributed by atoms with E-state index in [1.54, 1.807) is 56.1 Å². The van der Waals surface area contributed by atoms with Crippen molar-refractivity contribution in [2.75, 3.05) is 0 Å². The average molecular weight is 1340 g/mol. The molecule has 0 saturated heterocycles. The van der Waals surface area contributed by atoms with Crippen molar-refractivity contribution in [3.05, 3.63) is 320 Å². The van der Waals surface area contributed by atoms with Gasteiger partial charge >= 0.3 is 17.9 Å². The van der Waals surface area contributed by atoms with E-state index in [4.69, 9.17) is 15.2 Å². The van der Waals surface area contributed by atoms with Gasteiger partial charge in [-0.2, -0.15) is 0 Å². The number of carbonyl (C=O) groups is 5. The van der Waals surface area contributed by atoms with Gasteiger partial charge in [0.15, 0.2) is 0 Å². The number of esters is 2. The number of carbonyl (C=O) groups excluding carboxylic acids is 4. The van der Waals surface area contributed by atoms with Gasteiger partial charge in [-0.1, -0.05) is 176 Å². The van der Waals surface area contributed by atoms with Crippen molar-refractivity contribution < 1.29 is 38.6 Å². The van der Waals surface area contributed by atoms with Gasteiger partial charge in [-0.05, 0) is 123 Å². The van der Waals surface area contributed by atoms with Gasteiger partial charge in [0, 0.05) is 83.0 Å². The number of para-hydroxylation sites is 3. The Balaban J connectivity index is 0.000000182. The molecule has 0 unspecified atom stereocenters. The number of halogens is 1. The van der Waals surface area contributed by atoms with E-state index < -0.39 is 76.3 Å². The number of hydrogen-bond donors (Lipinski definition) is 7. The van der Waals surface area contributed by atoms with Crippen molar-refractivity contribution >= 4 is 74.8 Å². The molecule has 0 aliphatic heterocycles. The Morgan fingerprint density at radius 3 is 1.08 bits per heavy atom. The van der Waals surface area contributed by atoms with Gasteiger partial charge in [-0.15, -0.1) is 12.4 Å². The Labute approximate surface area is 573 Å². The zero-order valence-corrected chi connectivity index (χ0v) is 56.0. The van der Waals surface area contributed by atoms with E-state index in [2.05, 4.69) is 25.6 Å².